The number of rotatable bonds is 12. The SMILES string of the molecule is COc1ccc(-c2oc3c(CC=C(C)C)c(O[C@@H]4O[C@H](CO)[C@@H](O)[C@H](O)[C@H]4O)cc(O)c3c(=O)c2O[C@@H]2O[C@@H](C)[C@H](O)[C@@H](O)[C@H]2O[C@H]2O[C@@H](C)C[C@@]2(O)C(=O)O)cc1. The smallest absolute Gasteiger partial charge is 0.341 e. The van der Waals surface area contributed by atoms with E-state index in [-0.39, 0.29) is 41.1 Å². The molecular weight excluding hydrogens is 772 g/mol. The van der Waals surface area contributed by atoms with E-state index >= 15 is 0 Å². The lowest BCUT2D eigenvalue weighted by molar-refractivity contribution is -0.321. The predicted molar refractivity (Wildman–Crippen MR) is 197 cm³/mol. The zero-order chi connectivity index (χ0) is 42.4. The fraction of sp³-hybridized carbons (Fsp3) is 0.538. The van der Waals surface area contributed by atoms with Crippen molar-refractivity contribution < 1.29 is 88.3 Å². The van der Waals surface area contributed by atoms with Crippen molar-refractivity contribution in [2.24, 2.45) is 0 Å². The third kappa shape index (κ3) is 8.12. The Balaban J connectivity index is 1.52. The molecule has 318 valence electrons. The van der Waals surface area contributed by atoms with Crippen molar-refractivity contribution >= 4 is 16.9 Å². The number of phenols is 1. The highest BCUT2D eigenvalue weighted by Crippen LogP contribution is 2.42. The first kappa shape index (κ1) is 43.2. The van der Waals surface area contributed by atoms with Crippen LogP contribution in [0.25, 0.3) is 22.3 Å². The summed E-state index contributed by atoms with van der Waals surface area (Å²) < 4.78 is 46.7. The molecule has 9 N–H and O–H groups in total. The van der Waals surface area contributed by atoms with Crippen LogP contribution in [0, 0.1) is 0 Å². The summed E-state index contributed by atoms with van der Waals surface area (Å²) in [5.74, 6) is -2.98. The van der Waals surface area contributed by atoms with E-state index in [9.17, 15) is 55.5 Å². The normalized spacial score (nSPS) is 33.8. The first-order valence-electron chi connectivity index (χ1n) is 18.5. The quantitative estimate of drug-likeness (QED) is 0.109. The van der Waals surface area contributed by atoms with Crippen LogP contribution < -0.4 is 19.6 Å². The number of phenolic OH excluding ortho intramolecular Hbond substituents is 1. The van der Waals surface area contributed by atoms with Gasteiger partial charge in [0.2, 0.25) is 29.4 Å². The Kier molecular flexibility index (Phi) is 12.7. The second kappa shape index (κ2) is 17.1. The molecule has 6 rings (SSSR count). The van der Waals surface area contributed by atoms with Gasteiger partial charge in [-0.25, -0.2) is 4.79 Å². The van der Waals surface area contributed by atoms with E-state index in [0.717, 1.165) is 11.6 Å². The fourth-order valence-corrected chi connectivity index (χ4v) is 7.03. The molecule has 0 spiro atoms. The second-order valence-corrected chi connectivity index (χ2v) is 14.8. The minimum atomic E-state index is -2.57. The van der Waals surface area contributed by atoms with Crippen LogP contribution in [0.4, 0.5) is 0 Å². The lowest BCUT2D eigenvalue weighted by atomic mass is 9.97. The Bertz CT molecular complexity index is 2040. The van der Waals surface area contributed by atoms with E-state index in [4.69, 9.17) is 37.6 Å². The Hall–Kier alpha value is -4.38. The van der Waals surface area contributed by atoms with Gasteiger partial charge in [-0.3, -0.25) is 4.79 Å². The summed E-state index contributed by atoms with van der Waals surface area (Å²) in [6.45, 7) is 5.76. The molecule has 0 unspecified atom stereocenters. The Labute approximate surface area is 330 Å². The number of methoxy groups -OCH3 is 1. The average Bonchev–Trinajstić information content (AvgIpc) is 3.49. The maximum Gasteiger partial charge on any atom is 0.341 e. The number of hydrogen-bond acceptors (Lipinski definition) is 18. The molecule has 58 heavy (non-hydrogen) atoms. The van der Waals surface area contributed by atoms with E-state index in [1.165, 1.54) is 33.1 Å². The van der Waals surface area contributed by atoms with E-state index < -0.39 is 114 Å². The molecule has 1 aromatic heterocycles. The lowest BCUT2D eigenvalue weighted by Gasteiger charge is -2.42. The van der Waals surface area contributed by atoms with Crippen molar-refractivity contribution in [1.29, 1.82) is 0 Å². The molecule has 0 radical (unpaired) electrons. The number of aliphatic hydroxyl groups is 7. The molecule has 2 aromatic carbocycles. The Morgan fingerprint density at radius 3 is 2.24 bits per heavy atom. The number of carboxylic acid groups (broad SMARTS) is 1. The van der Waals surface area contributed by atoms with Crippen LogP contribution in [-0.2, 0) is 30.2 Å². The van der Waals surface area contributed by atoms with Crippen LogP contribution in [0.5, 0.6) is 23.0 Å². The second-order valence-electron chi connectivity index (χ2n) is 14.8. The van der Waals surface area contributed by atoms with E-state index in [1.54, 1.807) is 32.1 Å². The van der Waals surface area contributed by atoms with Crippen LogP contribution in [0.2, 0.25) is 0 Å². The number of aliphatic hydroxyl groups excluding tert-OH is 6. The van der Waals surface area contributed by atoms with Crippen molar-refractivity contribution in [3.05, 3.63) is 57.8 Å². The monoisotopic (exact) mass is 820 g/mol. The van der Waals surface area contributed by atoms with Gasteiger partial charge in [-0.05, 0) is 58.4 Å². The molecule has 19 heteroatoms. The van der Waals surface area contributed by atoms with Crippen LogP contribution >= 0.6 is 0 Å². The summed E-state index contributed by atoms with van der Waals surface area (Å²) in [7, 11) is 1.44. The Morgan fingerprint density at radius 1 is 0.931 bits per heavy atom. The fourth-order valence-electron chi connectivity index (χ4n) is 7.03. The van der Waals surface area contributed by atoms with E-state index in [1.807, 2.05) is 0 Å². The highest BCUT2D eigenvalue weighted by molar-refractivity contribution is 5.91. The highest BCUT2D eigenvalue weighted by atomic mass is 16.8. The molecule has 0 amide bonds. The van der Waals surface area contributed by atoms with Crippen molar-refractivity contribution in [2.75, 3.05) is 13.7 Å². The zero-order valence-corrected chi connectivity index (χ0v) is 32.1. The highest BCUT2D eigenvalue weighted by Gasteiger charge is 2.57. The van der Waals surface area contributed by atoms with E-state index in [2.05, 4.69) is 0 Å². The third-order valence-electron chi connectivity index (χ3n) is 10.3. The number of aliphatic carboxylic acids is 1. The largest absolute Gasteiger partial charge is 0.507 e. The van der Waals surface area contributed by atoms with Gasteiger partial charge in [0, 0.05) is 23.6 Å². The molecule has 3 aliphatic rings. The molecular formula is C39H48O19. The number of carboxylic acids is 1. The van der Waals surface area contributed by atoms with Crippen molar-refractivity contribution in [1.82, 2.24) is 0 Å². The molecule has 3 aromatic rings. The van der Waals surface area contributed by atoms with Gasteiger partial charge in [-0.1, -0.05) is 11.6 Å². The van der Waals surface area contributed by atoms with Gasteiger partial charge in [-0.2, -0.15) is 0 Å². The summed E-state index contributed by atoms with van der Waals surface area (Å²) >= 11 is 0. The van der Waals surface area contributed by atoms with Gasteiger partial charge in [0.15, 0.2) is 18.2 Å². The zero-order valence-electron chi connectivity index (χ0n) is 32.1. The van der Waals surface area contributed by atoms with Crippen molar-refractivity contribution in [3.8, 4) is 34.3 Å². The molecule has 0 saturated carbocycles. The van der Waals surface area contributed by atoms with Crippen LogP contribution in [-0.4, -0.2) is 145 Å². The molecule has 3 saturated heterocycles. The standard InChI is InChI=1S/C39H48O19/c1-15(2)6-11-20-22(54-35-30(47)28(45)26(43)23(14-40)55-35)12-21(41)24-27(44)33(31(56-32(20)24)18-7-9-19(51-5)10-8-18)57-36-34(29(46)25(42)17(4)53-36)58-38-39(50,37(48)49)13-16(3)52-38/h6-10,12,16-17,23,25-26,28-30,34-36,38,40-43,45-47,50H,11,13-14H2,1-5H3,(H,48,49)/t16-,17-,23+,25-,26+,28-,29+,30+,34+,35+,36-,38+,39+/m0/s1. The van der Waals surface area contributed by atoms with Crippen molar-refractivity contribution in [2.45, 2.75) is 120 Å². The van der Waals surface area contributed by atoms with Gasteiger partial charge in [0.05, 0.1) is 25.9 Å². The van der Waals surface area contributed by atoms with Gasteiger partial charge in [-0.15, -0.1) is 0 Å². The summed E-state index contributed by atoms with van der Waals surface area (Å²) in [4.78, 5) is 26.9. The number of carbonyl (C=O) groups is 1. The van der Waals surface area contributed by atoms with Crippen LogP contribution in [0.15, 0.2) is 51.2 Å². The predicted octanol–water partition coefficient (Wildman–Crippen LogP) is 0.0428. The number of fused-ring (bicyclic) bond motifs is 1. The van der Waals surface area contributed by atoms with Gasteiger partial charge in [0.1, 0.15) is 64.8 Å². The number of aromatic hydroxyl groups is 1. The molecule has 13 atom stereocenters. The number of benzene rings is 2. The topological polar surface area (TPSA) is 294 Å². The summed E-state index contributed by atoms with van der Waals surface area (Å²) in [6.07, 6.45) is -17.8. The van der Waals surface area contributed by atoms with E-state index in [0.29, 0.717) is 5.75 Å². The molecule has 3 fully saturated rings. The summed E-state index contributed by atoms with van der Waals surface area (Å²) in [5.41, 5.74) is -2.59. The molecule has 0 bridgehead atoms. The minimum Gasteiger partial charge on any atom is -0.507 e. The van der Waals surface area contributed by atoms with Gasteiger partial charge < -0.3 is 83.5 Å². The first-order chi connectivity index (χ1) is 27.4. The molecule has 3 aliphatic heterocycles. The van der Waals surface area contributed by atoms with Crippen LogP contribution in [0.1, 0.15) is 39.7 Å². The molecule has 19 nitrogen and oxygen atoms in total. The van der Waals surface area contributed by atoms with Crippen LogP contribution in [0.3, 0.4) is 0 Å². The van der Waals surface area contributed by atoms with Crippen molar-refractivity contribution in [3.63, 3.8) is 0 Å². The van der Waals surface area contributed by atoms with Gasteiger partial charge >= 0.3 is 5.97 Å². The summed E-state index contributed by atoms with van der Waals surface area (Å²) in [5, 5.41) is 95.1. The lowest BCUT2D eigenvalue weighted by Crippen LogP contribution is -2.62. The summed E-state index contributed by atoms with van der Waals surface area (Å²) in [6, 6.07) is 7.21. The third-order valence-corrected chi connectivity index (χ3v) is 10.3. The maximum absolute atomic E-state index is 14.7. The molecule has 4 heterocycles. The number of allylic oxidation sites excluding steroid dienone is 2. The number of hydrogen-bond donors (Lipinski definition) is 9. The number of ether oxygens (including phenoxy) is 7. The maximum atomic E-state index is 14.7. The van der Waals surface area contributed by atoms with Gasteiger partial charge in [0.25, 0.3) is 0 Å². The minimum absolute atomic E-state index is 0.00656. The average molecular weight is 821 g/mol. The first-order valence-corrected chi connectivity index (χ1v) is 18.5. The molecule has 0 aliphatic carbocycles. The Morgan fingerprint density at radius 2 is 1.62 bits per heavy atom.